The molecule has 2 atom stereocenters. The molecule has 0 aliphatic rings. The molecule has 0 saturated heterocycles. The van der Waals surface area contributed by atoms with Gasteiger partial charge >= 0.3 is 5.76 Å². The number of fused-ring (bicyclic) bond motifs is 1. The van der Waals surface area contributed by atoms with Gasteiger partial charge in [0.2, 0.25) is 5.91 Å². The smallest absolute Gasteiger partial charge is 0.408 e. The van der Waals surface area contributed by atoms with E-state index < -0.39 is 29.5 Å². The Hall–Kier alpha value is -3.82. The number of rotatable bonds is 11. The molecule has 38 heavy (non-hydrogen) atoms. The third-order valence-electron chi connectivity index (χ3n) is 6.54. The minimum atomic E-state index is -1.16. The fourth-order valence-electron chi connectivity index (χ4n) is 4.51. The first-order valence-corrected chi connectivity index (χ1v) is 12.6. The third-order valence-corrected chi connectivity index (χ3v) is 6.54. The Kier molecular flexibility index (Phi) is 8.70. The number of aliphatic hydroxyl groups is 1. The van der Waals surface area contributed by atoms with Crippen molar-refractivity contribution in [1.29, 1.82) is 0 Å². The average Bonchev–Trinajstić information content (AvgIpc) is 3.21. The number of benzene rings is 3. The first-order chi connectivity index (χ1) is 18.2. The lowest BCUT2D eigenvalue weighted by molar-refractivity contribution is -0.133. The van der Waals surface area contributed by atoms with E-state index in [1.54, 1.807) is 24.3 Å². The van der Waals surface area contributed by atoms with Gasteiger partial charge in [-0.2, -0.15) is 0 Å². The highest BCUT2D eigenvalue weighted by molar-refractivity contribution is 5.77. The highest BCUT2D eigenvalue weighted by Crippen LogP contribution is 2.16. The molecule has 0 aliphatic heterocycles. The van der Waals surface area contributed by atoms with E-state index in [9.17, 15) is 23.5 Å². The summed E-state index contributed by atoms with van der Waals surface area (Å²) in [5.41, 5.74) is 9.52. The van der Waals surface area contributed by atoms with Crippen LogP contribution in [-0.4, -0.2) is 39.2 Å². The normalized spacial score (nSPS) is 13.0. The minimum absolute atomic E-state index is 0.00598. The first-order valence-electron chi connectivity index (χ1n) is 12.6. The zero-order chi connectivity index (χ0) is 27.2. The van der Waals surface area contributed by atoms with Gasteiger partial charge in [0.05, 0.1) is 11.6 Å². The molecule has 0 aliphatic carbocycles. The maximum Gasteiger partial charge on any atom is 0.419 e. The average molecular weight is 524 g/mol. The van der Waals surface area contributed by atoms with Crippen LogP contribution in [0.3, 0.4) is 0 Å². The van der Waals surface area contributed by atoms with E-state index in [0.29, 0.717) is 16.7 Å². The topological polar surface area (TPSA) is 102 Å². The SMILES string of the molecule is CCc1cccc(CN(C[C@@H](O)[C@@H](N)Cc2cc(F)cc(F)c2)C(=O)CCn2c(=O)oc3ccccc32)c1. The molecule has 1 amide bonds. The van der Waals surface area contributed by atoms with E-state index in [4.69, 9.17) is 10.2 Å². The van der Waals surface area contributed by atoms with Gasteiger partial charge in [0.25, 0.3) is 0 Å². The zero-order valence-corrected chi connectivity index (χ0v) is 21.1. The van der Waals surface area contributed by atoms with Crippen LogP contribution in [0.5, 0.6) is 0 Å². The second-order valence-corrected chi connectivity index (χ2v) is 9.40. The minimum Gasteiger partial charge on any atom is -0.408 e. The van der Waals surface area contributed by atoms with Gasteiger partial charge < -0.3 is 20.2 Å². The molecule has 0 spiro atoms. The van der Waals surface area contributed by atoms with Crippen molar-refractivity contribution in [2.75, 3.05) is 6.54 Å². The summed E-state index contributed by atoms with van der Waals surface area (Å²) < 4.78 is 33.9. The van der Waals surface area contributed by atoms with Gasteiger partial charge in [-0.25, -0.2) is 13.6 Å². The second kappa shape index (κ2) is 12.1. The third kappa shape index (κ3) is 6.73. The summed E-state index contributed by atoms with van der Waals surface area (Å²) in [5, 5.41) is 10.9. The summed E-state index contributed by atoms with van der Waals surface area (Å²) in [4.78, 5) is 27.2. The molecule has 4 aromatic rings. The molecule has 0 bridgehead atoms. The van der Waals surface area contributed by atoms with E-state index in [0.717, 1.165) is 23.6 Å². The van der Waals surface area contributed by atoms with Crippen LogP contribution in [0.15, 0.2) is 75.9 Å². The number of oxazole rings is 1. The number of hydrogen-bond acceptors (Lipinski definition) is 5. The standard InChI is InChI=1S/C29H31F2N3O4/c1-2-19-6-5-7-20(12-19)17-33(18-26(35)24(32)15-21-13-22(30)16-23(31)14-21)28(36)10-11-34-25-8-3-4-9-27(25)38-29(34)37/h3-9,12-14,16,24,26,35H,2,10-11,15,17-18,32H2,1H3/t24-,26+/m0/s1. The molecule has 9 heteroatoms. The Morgan fingerprint density at radius 1 is 1.03 bits per heavy atom. The van der Waals surface area contributed by atoms with Crippen LogP contribution < -0.4 is 11.5 Å². The molecule has 1 aromatic heterocycles. The number of para-hydroxylation sites is 2. The van der Waals surface area contributed by atoms with Gasteiger partial charge in [0, 0.05) is 38.2 Å². The molecule has 0 radical (unpaired) electrons. The van der Waals surface area contributed by atoms with Gasteiger partial charge in [-0.05, 0) is 53.8 Å². The first kappa shape index (κ1) is 27.2. The van der Waals surface area contributed by atoms with E-state index in [-0.39, 0.29) is 38.4 Å². The fourth-order valence-corrected chi connectivity index (χ4v) is 4.51. The maximum absolute atomic E-state index is 13.6. The molecule has 200 valence electrons. The molecule has 4 rings (SSSR count). The van der Waals surface area contributed by atoms with Crippen molar-refractivity contribution in [3.05, 3.63) is 106 Å². The number of carbonyl (C=O) groups is 1. The molecule has 3 aromatic carbocycles. The van der Waals surface area contributed by atoms with Crippen molar-refractivity contribution in [3.63, 3.8) is 0 Å². The number of nitrogens with zero attached hydrogens (tertiary/aromatic N) is 2. The van der Waals surface area contributed by atoms with Gasteiger partial charge in [0.1, 0.15) is 11.6 Å². The summed E-state index contributed by atoms with van der Waals surface area (Å²) in [6.07, 6.45) is -0.305. The maximum atomic E-state index is 13.6. The molecule has 3 N–H and O–H groups in total. The summed E-state index contributed by atoms with van der Waals surface area (Å²) in [5.74, 6) is -2.29. The number of aryl methyl sites for hydroxylation is 2. The molecule has 0 saturated carbocycles. The number of amides is 1. The highest BCUT2D eigenvalue weighted by atomic mass is 19.1. The quantitative estimate of drug-likeness (QED) is 0.312. The van der Waals surface area contributed by atoms with E-state index in [2.05, 4.69) is 0 Å². The highest BCUT2D eigenvalue weighted by Gasteiger charge is 2.24. The predicted octanol–water partition coefficient (Wildman–Crippen LogP) is 3.78. The zero-order valence-electron chi connectivity index (χ0n) is 21.1. The second-order valence-electron chi connectivity index (χ2n) is 9.40. The largest absolute Gasteiger partial charge is 0.419 e. The van der Waals surface area contributed by atoms with Gasteiger partial charge in [0.15, 0.2) is 5.58 Å². The van der Waals surface area contributed by atoms with Crippen molar-refractivity contribution in [2.45, 2.75) is 51.4 Å². The Bertz CT molecular complexity index is 1450. The van der Waals surface area contributed by atoms with Crippen LogP contribution in [0.2, 0.25) is 0 Å². The van der Waals surface area contributed by atoms with E-state index in [1.807, 2.05) is 31.2 Å². The van der Waals surface area contributed by atoms with Crippen LogP contribution in [0, 0.1) is 11.6 Å². The number of nitrogens with two attached hydrogens (primary N) is 1. The lowest BCUT2D eigenvalue weighted by Crippen LogP contribution is -2.46. The van der Waals surface area contributed by atoms with Crippen LogP contribution in [0.4, 0.5) is 8.78 Å². The molecule has 0 fully saturated rings. The lowest BCUT2D eigenvalue weighted by Gasteiger charge is -2.28. The predicted molar refractivity (Wildman–Crippen MR) is 140 cm³/mol. The van der Waals surface area contributed by atoms with Crippen molar-refractivity contribution in [3.8, 4) is 0 Å². The number of aliphatic hydroxyl groups excluding tert-OH is 1. The lowest BCUT2D eigenvalue weighted by atomic mass is 10.0. The Morgan fingerprint density at radius 3 is 2.47 bits per heavy atom. The van der Waals surface area contributed by atoms with Gasteiger partial charge in [-0.1, -0.05) is 43.3 Å². The molecule has 0 unspecified atom stereocenters. The Balaban J connectivity index is 1.50. The van der Waals surface area contributed by atoms with Crippen molar-refractivity contribution >= 4 is 17.0 Å². The molecule has 1 heterocycles. The summed E-state index contributed by atoms with van der Waals surface area (Å²) in [7, 11) is 0. The van der Waals surface area contributed by atoms with Crippen molar-refractivity contribution in [1.82, 2.24) is 9.47 Å². The fraction of sp³-hybridized carbons (Fsp3) is 0.310. The molecular weight excluding hydrogens is 492 g/mol. The summed E-state index contributed by atoms with van der Waals surface area (Å²) in [6.45, 7) is 2.28. The van der Waals surface area contributed by atoms with Crippen LogP contribution >= 0.6 is 0 Å². The summed E-state index contributed by atoms with van der Waals surface area (Å²) >= 11 is 0. The van der Waals surface area contributed by atoms with Crippen LogP contribution in [-0.2, 0) is 30.7 Å². The van der Waals surface area contributed by atoms with Gasteiger partial charge in [-0.3, -0.25) is 9.36 Å². The van der Waals surface area contributed by atoms with Crippen LogP contribution in [0.1, 0.15) is 30.0 Å². The number of halogens is 2. The molecular formula is C29H31F2N3O4. The number of carbonyl (C=O) groups excluding carboxylic acids is 1. The number of hydrogen-bond donors (Lipinski definition) is 2. The Morgan fingerprint density at radius 2 is 1.74 bits per heavy atom. The number of aromatic nitrogens is 1. The summed E-state index contributed by atoms with van der Waals surface area (Å²) in [6, 6.07) is 17.0. The van der Waals surface area contributed by atoms with E-state index >= 15 is 0 Å². The monoisotopic (exact) mass is 523 g/mol. The Labute approximate surface area is 219 Å². The van der Waals surface area contributed by atoms with Crippen molar-refractivity contribution in [2.24, 2.45) is 5.73 Å². The van der Waals surface area contributed by atoms with E-state index in [1.165, 1.54) is 21.6 Å². The molecule has 7 nitrogen and oxygen atoms in total. The van der Waals surface area contributed by atoms with Gasteiger partial charge in [-0.15, -0.1) is 0 Å². The van der Waals surface area contributed by atoms with Crippen molar-refractivity contribution < 1.29 is 23.1 Å². The van der Waals surface area contributed by atoms with Crippen LogP contribution in [0.25, 0.3) is 11.1 Å².